The number of hydrogen-bond acceptors (Lipinski definition) is 3. The lowest BCUT2D eigenvalue weighted by atomic mass is 9.97. The van der Waals surface area contributed by atoms with Gasteiger partial charge in [0.25, 0.3) is 0 Å². The second kappa shape index (κ2) is 8.42. The zero-order chi connectivity index (χ0) is 20.3. The Morgan fingerprint density at radius 1 is 0.867 bits per heavy atom. The van der Waals surface area contributed by atoms with Crippen molar-refractivity contribution < 1.29 is 0 Å². The van der Waals surface area contributed by atoms with Crippen LogP contribution in [0.15, 0.2) is 79.0 Å². The summed E-state index contributed by atoms with van der Waals surface area (Å²) < 4.78 is 0. The highest BCUT2D eigenvalue weighted by molar-refractivity contribution is 5.85. The van der Waals surface area contributed by atoms with E-state index in [1.807, 2.05) is 12.3 Å². The van der Waals surface area contributed by atoms with Crippen molar-refractivity contribution in [3.63, 3.8) is 0 Å². The number of hydrogen-bond donors (Lipinski definition) is 1. The van der Waals surface area contributed by atoms with E-state index in [4.69, 9.17) is 4.98 Å². The molecular formula is C26H28N4. The molecule has 0 amide bonds. The van der Waals surface area contributed by atoms with E-state index in [2.05, 4.69) is 88.4 Å². The van der Waals surface area contributed by atoms with Crippen molar-refractivity contribution in [2.75, 3.05) is 26.2 Å². The zero-order valence-corrected chi connectivity index (χ0v) is 17.5. The maximum absolute atomic E-state index is 4.78. The van der Waals surface area contributed by atoms with E-state index >= 15 is 0 Å². The van der Waals surface area contributed by atoms with Crippen LogP contribution in [0.2, 0.25) is 0 Å². The molecule has 0 bridgehead atoms. The minimum atomic E-state index is 0.168. The van der Waals surface area contributed by atoms with Gasteiger partial charge in [0.05, 0.1) is 11.7 Å². The molecular weight excluding hydrogens is 368 g/mol. The number of para-hydroxylation sites is 1. The number of fused-ring (bicyclic) bond motifs is 1. The molecule has 4 nitrogen and oxygen atoms in total. The fourth-order valence-corrected chi connectivity index (χ4v) is 4.73. The lowest BCUT2D eigenvalue weighted by molar-refractivity contribution is 0.104. The highest BCUT2D eigenvalue weighted by Gasteiger charge is 2.30. The number of H-pyrrole nitrogens is 1. The third kappa shape index (κ3) is 3.76. The van der Waals surface area contributed by atoms with E-state index in [9.17, 15) is 0 Å². The van der Waals surface area contributed by atoms with Crippen LogP contribution in [0.3, 0.4) is 0 Å². The van der Waals surface area contributed by atoms with Crippen LogP contribution in [0.25, 0.3) is 10.9 Å². The number of nitrogens with one attached hydrogen (secondary N) is 1. The first kappa shape index (κ1) is 19.0. The first-order valence-electron chi connectivity index (χ1n) is 10.8. The van der Waals surface area contributed by atoms with Crippen LogP contribution in [0.4, 0.5) is 0 Å². The Labute approximate surface area is 178 Å². The Morgan fingerprint density at radius 3 is 2.37 bits per heavy atom. The molecule has 5 rings (SSSR count). The number of nitrogens with zero attached hydrogens (tertiary/aromatic N) is 3. The molecule has 0 unspecified atom stereocenters. The van der Waals surface area contributed by atoms with Gasteiger partial charge < -0.3 is 4.98 Å². The fourth-order valence-electron chi connectivity index (χ4n) is 4.73. The molecule has 0 aliphatic carbocycles. The Kier molecular flexibility index (Phi) is 5.35. The molecule has 30 heavy (non-hydrogen) atoms. The van der Waals surface area contributed by atoms with Crippen molar-refractivity contribution in [2.24, 2.45) is 0 Å². The van der Waals surface area contributed by atoms with Crippen LogP contribution >= 0.6 is 0 Å². The van der Waals surface area contributed by atoms with Crippen LogP contribution in [-0.4, -0.2) is 45.9 Å². The quantitative estimate of drug-likeness (QED) is 0.527. The van der Waals surface area contributed by atoms with Crippen LogP contribution < -0.4 is 0 Å². The second-order valence-corrected chi connectivity index (χ2v) is 8.16. The van der Waals surface area contributed by atoms with Gasteiger partial charge in [-0.05, 0) is 30.7 Å². The van der Waals surface area contributed by atoms with Crippen molar-refractivity contribution >= 4 is 10.9 Å². The minimum Gasteiger partial charge on any atom is -0.358 e. The molecule has 0 radical (unpaired) electrons. The summed E-state index contributed by atoms with van der Waals surface area (Å²) in [5, 5.41) is 1.30. The van der Waals surface area contributed by atoms with E-state index in [0.717, 1.165) is 38.4 Å². The average Bonchev–Trinajstić information content (AvgIpc) is 3.12. The molecule has 1 aliphatic rings. The molecule has 4 aromatic rings. The Balaban J connectivity index is 1.43. The van der Waals surface area contributed by atoms with Crippen molar-refractivity contribution in [3.8, 4) is 0 Å². The van der Waals surface area contributed by atoms with Gasteiger partial charge in [0.2, 0.25) is 0 Å². The number of aromatic amines is 1. The summed E-state index contributed by atoms with van der Waals surface area (Å²) in [6.45, 7) is 7.42. The van der Waals surface area contributed by atoms with E-state index in [1.165, 1.54) is 27.7 Å². The van der Waals surface area contributed by atoms with Crippen LogP contribution in [0.5, 0.6) is 0 Å². The summed E-state index contributed by atoms with van der Waals surface area (Å²) in [6.07, 6.45) is 1.91. The number of benzene rings is 2. The summed E-state index contributed by atoms with van der Waals surface area (Å²) in [6, 6.07) is 25.8. The van der Waals surface area contributed by atoms with Crippen molar-refractivity contribution in [1.82, 2.24) is 19.8 Å². The van der Waals surface area contributed by atoms with Crippen LogP contribution in [-0.2, 0) is 6.54 Å². The van der Waals surface area contributed by atoms with Gasteiger partial charge >= 0.3 is 0 Å². The Morgan fingerprint density at radius 2 is 1.60 bits per heavy atom. The number of aryl methyl sites for hydroxylation is 1. The molecule has 1 aliphatic heterocycles. The summed E-state index contributed by atoms with van der Waals surface area (Å²) in [5.41, 5.74) is 6.31. The maximum Gasteiger partial charge on any atom is 0.0800 e. The molecule has 0 saturated carbocycles. The van der Waals surface area contributed by atoms with Gasteiger partial charge in [0.1, 0.15) is 0 Å². The monoisotopic (exact) mass is 396 g/mol. The second-order valence-electron chi connectivity index (χ2n) is 8.16. The Bertz CT molecular complexity index is 1100. The highest BCUT2D eigenvalue weighted by Crippen LogP contribution is 2.35. The lowest BCUT2D eigenvalue weighted by Crippen LogP contribution is -2.47. The van der Waals surface area contributed by atoms with Crippen molar-refractivity contribution in [1.29, 1.82) is 0 Å². The van der Waals surface area contributed by atoms with Crippen molar-refractivity contribution in [2.45, 2.75) is 19.5 Å². The predicted octanol–water partition coefficient (Wildman–Crippen LogP) is 4.78. The minimum absolute atomic E-state index is 0.168. The third-order valence-corrected chi connectivity index (χ3v) is 6.21. The molecule has 2 aromatic heterocycles. The molecule has 1 saturated heterocycles. The smallest absolute Gasteiger partial charge is 0.0800 e. The first-order chi connectivity index (χ1) is 14.8. The van der Waals surface area contributed by atoms with Crippen LogP contribution in [0, 0.1) is 6.92 Å². The number of pyridine rings is 1. The molecule has 0 spiro atoms. The van der Waals surface area contributed by atoms with Gasteiger partial charge in [-0.1, -0.05) is 54.6 Å². The number of piperazine rings is 1. The molecule has 152 valence electrons. The lowest BCUT2D eigenvalue weighted by Gasteiger charge is -2.39. The SMILES string of the molecule is Cc1[nH]c2ccccc2c1[C@@H](c1ccccn1)N1CCN(Cc2ccccc2)CC1. The number of aromatic nitrogens is 2. The van der Waals surface area contributed by atoms with Crippen molar-refractivity contribution in [3.05, 3.63) is 102 Å². The van der Waals surface area contributed by atoms with Crippen LogP contribution in [0.1, 0.15) is 28.6 Å². The molecule has 1 atom stereocenters. The molecule has 4 heteroatoms. The molecule has 3 heterocycles. The summed E-state index contributed by atoms with van der Waals surface area (Å²) >= 11 is 0. The molecule has 2 aromatic carbocycles. The van der Waals surface area contributed by atoms with Gasteiger partial charge in [-0.15, -0.1) is 0 Å². The molecule has 1 N–H and O–H groups in total. The predicted molar refractivity (Wildman–Crippen MR) is 122 cm³/mol. The van der Waals surface area contributed by atoms with E-state index in [1.54, 1.807) is 0 Å². The Hall–Kier alpha value is -2.95. The van der Waals surface area contributed by atoms with E-state index in [-0.39, 0.29) is 6.04 Å². The number of rotatable bonds is 5. The standard InChI is InChI=1S/C26H28N4/c1-20-25(22-11-5-6-12-23(22)28-20)26(24-13-7-8-14-27-24)30-17-15-29(16-18-30)19-21-9-3-2-4-10-21/h2-14,26,28H,15-19H2,1H3/t26-/m1/s1. The third-order valence-electron chi connectivity index (χ3n) is 6.21. The summed E-state index contributed by atoms with van der Waals surface area (Å²) in [7, 11) is 0. The zero-order valence-electron chi connectivity index (χ0n) is 17.5. The topological polar surface area (TPSA) is 35.2 Å². The van der Waals surface area contributed by atoms with Gasteiger partial charge in [-0.25, -0.2) is 0 Å². The fraction of sp³-hybridized carbons (Fsp3) is 0.269. The maximum atomic E-state index is 4.78. The van der Waals surface area contributed by atoms with Gasteiger partial charge in [0.15, 0.2) is 0 Å². The first-order valence-corrected chi connectivity index (χ1v) is 10.8. The summed E-state index contributed by atoms with van der Waals surface area (Å²) in [5.74, 6) is 0. The average molecular weight is 397 g/mol. The normalized spacial score (nSPS) is 16.7. The van der Waals surface area contributed by atoms with E-state index in [0.29, 0.717) is 0 Å². The van der Waals surface area contributed by atoms with Gasteiger partial charge in [0, 0.05) is 61.1 Å². The van der Waals surface area contributed by atoms with E-state index < -0.39 is 0 Å². The van der Waals surface area contributed by atoms with Gasteiger partial charge in [-0.3, -0.25) is 14.8 Å². The highest BCUT2D eigenvalue weighted by atomic mass is 15.3. The molecule has 1 fully saturated rings. The largest absolute Gasteiger partial charge is 0.358 e. The summed E-state index contributed by atoms with van der Waals surface area (Å²) in [4.78, 5) is 13.5. The van der Waals surface area contributed by atoms with Gasteiger partial charge in [-0.2, -0.15) is 0 Å².